The van der Waals surface area contributed by atoms with Gasteiger partial charge in [0.25, 0.3) is 0 Å². The first-order valence-corrected chi connectivity index (χ1v) is 12.9. The summed E-state index contributed by atoms with van der Waals surface area (Å²) >= 11 is 0. The summed E-state index contributed by atoms with van der Waals surface area (Å²) in [4.78, 5) is 0. The molecule has 0 saturated carbocycles. The molecule has 188 valence electrons. The molecule has 2 aromatic carbocycles. The number of ether oxygens (including phenoxy) is 1. The first-order chi connectivity index (χ1) is 16.7. The molecule has 8 heteroatoms. The van der Waals surface area contributed by atoms with Gasteiger partial charge < -0.3 is 27.9 Å². The lowest BCUT2D eigenvalue weighted by molar-refractivity contribution is 0.00578. The smallest absolute Gasteiger partial charge is 0.470 e. The lowest BCUT2D eigenvalue weighted by Gasteiger charge is -2.32. The maximum absolute atomic E-state index is 6.42. The second-order valence-corrected chi connectivity index (χ2v) is 12.4. The van der Waals surface area contributed by atoms with E-state index in [0.717, 1.165) is 38.8 Å². The van der Waals surface area contributed by atoms with Crippen LogP contribution in [0.1, 0.15) is 68.5 Å². The molecule has 1 atom stereocenters. The molecule has 1 aromatic heterocycles. The van der Waals surface area contributed by atoms with Gasteiger partial charge in [-0.2, -0.15) is 0 Å². The molecule has 6 rings (SSSR count). The fraction of sp³-hybridized carbons (Fsp3) is 0.500. The van der Waals surface area contributed by atoms with E-state index in [0.29, 0.717) is 0 Å². The zero-order chi connectivity index (χ0) is 25.8. The zero-order valence-electron chi connectivity index (χ0n) is 22.8. The first kappa shape index (κ1) is 24.1. The number of hydrogen-bond donors (Lipinski definition) is 0. The van der Waals surface area contributed by atoms with Crippen molar-refractivity contribution in [2.24, 2.45) is 0 Å². The van der Waals surface area contributed by atoms with Gasteiger partial charge in [0.1, 0.15) is 5.75 Å². The summed E-state index contributed by atoms with van der Waals surface area (Å²) in [6.45, 7) is 18.7. The molecule has 3 aromatic rings. The Morgan fingerprint density at radius 3 is 1.72 bits per heavy atom. The van der Waals surface area contributed by atoms with Crippen LogP contribution in [0.3, 0.4) is 0 Å². The van der Waals surface area contributed by atoms with E-state index in [1.54, 1.807) is 0 Å². The predicted molar refractivity (Wildman–Crippen MR) is 144 cm³/mol. The number of rotatable bonds is 2. The summed E-state index contributed by atoms with van der Waals surface area (Å²) in [6.07, 6.45) is -0.152. The molecule has 0 radical (unpaired) electrons. The molecule has 2 saturated heterocycles. The van der Waals surface area contributed by atoms with E-state index in [2.05, 4.69) is 109 Å². The number of aromatic nitrogens is 1. The van der Waals surface area contributed by atoms with E-state index in [9.17, 15) is 0 Å². The minimum Gasteiger partial charge on any atom is -0.470 e. The monoisotopic (exact) mass is 487 g/mol. The Labute approximate surface area is 214 Å². The van der Waals surface area contributed by atoms with Gasteiger partial charge in [-0.05, 0) is 97.5 Å². The van der Waals surface area contributed by atoms with E-state index >= 15 is 0 Å². The van der Waals surface area contributed by atoms with Crippen LogP contribution in [0.4, 0.5) is 0 Å². The van der Waals surface area contributed by atoms with Crippen molar-refractivity contribution < 1.29 is 23.4 Å². The second-order valence-electron chi connectivity index (χ2n) is 12.4. The summed E-state index contributed by atoms with van der Waals surface area (Å²) in [5.41, 5.74) is 3.78. The number of hydrogen-bond acceptors (Lipinski definition) is 5. The van der Waals surface area contributed by atoms with E-state index < -0.39 is 7.12 Å². The van der Waals surface area contributed by atoms with Crippen LogP contribution in [-0.4, -0.2) is 41.2 Å². The molecule has 0 N–H and O–H groups in total. The highest BCUT2D eigenvalue weighted by atomic mass is 16.7. The van der Waals surface area contributed by atoms with Gasteiger partial charge in [0.15, 0.2) is 6.23 Å². The molecule has 3 aliphatic rings. The average Bonchev–Trinajstić information content (AvgIpc) is 3.33. The van der Waals surface area contributed by atoms with Crippen LogP contribution >= 0.6 is 0 Å². The summed E-state index contributed by atoms with van der Waals surface area (Å²) in [5.74, 6) is 0.844. The van der Waals surface area contributed by atoms with Gasteiger partial charge in [0, 0.05) is 10.9 Å². The second kappa shape index (κ2) is 7.41. The van der Waals surface area contributed by atoms with Crippen LogP contribution in [-0.2, 0) is 18.6 Å². The Bertz CT molecular complexity index is 1340. The molecule has 4 heterocycles. The van der Waals surface area contributed by atoms with E-state index in [1.165, 1.54) is 0 Å². The molecule has 0 aliphatic carbocycles. The van der Waals surface area contributed by atoms with Crippen molar-refractivity contribution in [2.45, 2.75) is 90.9 Å². The normalized spacial score (nSPS) is 25.1. The van der Waals surface area contributed by atoms with Crippen molar-refractivity contribution in [1.82, 2.24) is 4.57 Å². The van der Waals surface area contributed by atoms with E-state index in [4.69, 9.17) is 23.4 Å². The maximum atomic E-state index is 6.42. The van der Waals surface area contributed by atoms with Gasteiger partial charge in [0.2, 0.25) is 0 Å². The Morgan fingerprint density at radius 2 is 1.17 bits per heavy atom. The molecule has 36 heavy (non-hydrogen) atoms. The fourth-order valence-corrected chi connectivity index (χ4v) is 5.19. The van der Waals surface area contributed by atoms with Crippen molar-refractivity contribution in [2.75, 3.05) is 0 Å². The highest BCUT2D eigenvalue weighted by Crippen LogP contribution is 2.43. The third-order valence-corrected chi connectivity index (χ3v) is 8.86. The molecular weight excluding hydrogens is 452 g/mol. The van der Waals surface area contributed by atoms with Gasteiger partial charge in [-0.1, -0.05) is 18.2 Å². The van der Waals surface area contributed by atoms with Gasteiger partial charge in [0.05, 0.1) is 33.6 Å². The highest BCUT2D eigenvalue weighted by molar-refractivity contribution is 6.62. The Kier molecular flexibility index (Phi) is 4.96. The van der Waals surface area contributed by atoms with E-state index in [-0.39, 0.29) is 35.8 Å². The lowest BCUT2D eigenvalue weighted by Crippen LogP contribution is -2.41. The molecule has 6 nitrogen and oxygen atoms in total. The van der Waals surface area contributed by atoms with Crippen LogP contribution < -0.4 is 15.7 Å². The Hall–Kier alpha value is -2.25. The molecule has 0 spiro atoms. The summed E-state index contributed by atoms with van der Waals surface area (Å²) in [6, 6.07) is 14.9. The first-order valence-electron chi connectivity index (χ1n) is 12.9. The quantitative estimate of drug-likeness (QED) is 0.486. The zero-order valence-corrected chi connectivity index (χ0v) is 22.8. The minimum atomic E-state index is -0.422. The largest absolute Gasteiger partial charge is 0.494 e. The third kappa shape index (κ3) is 3.42. The standard InChI is InChI=1S/C28H35B2NO5/c1-17-31-22-13-11-19(29-33-25(2,3)26(4,5)34-29)14-18(22)15-23(31)21-12-10-20(16-24(21)32-17)30-35-27(6,7)28(8,9)36-30/h10-17H,1-9H3/t17-/m0/s1. The minimum absolute atomic E-state index is 0.152. The van der Waals surface area contributed by atoms with Crippen LogP contribution in [0.25, 0.3) is 22.2 Å². The van der Waals surface area contributed by atoms with Crippen molar-refractivity contribution in [3.05, 3.63) is 42.5 Å². The van der Waals surface area contributed by atoms with Gasteiger partial charge in [-0.15, -0.1) is 0 Å². The molecule has 0 unspecified atom stereocenters. The molecule has 0 amide bonds. The molecule has 2 fully saturated rings. The summed E-state index contributed by atoms with van der Waals surface area (Å²) in [5, 5.41) is 1.13. The maximum Gasteiger partial charge on any atom is 0.494 e. The van der Waals surface area contributed by atoms with Gasteiger partial charge in [-0.25, -0.2) is 0 Å². The molecule has 3 aliphatic heterocycles. The predicted octanol–water partition coefficient (Wildman–Crippen LogP) is 4.82. The topological polar surface area (TPSA) is 51.1 Å². The van der Waals surface area contributed by atoms with E-state index in [1.807, 2.05) is 0 Å². The van der Waals surface area contributed by atoms with Crippen molar-refractivity contribution >= 4 is 36.1 Å². The van der Waals surface area contributed by atoms with Crippen molar-refractivity contribution in [3.8, 4) is 17.0 Å². The number of fused-ring (bicyclic) bond motifs is 5. The Balaban J connectivity index is 1.36. The van der Waals surface area contributed by atoms with Gasteiger partial charge >= 0.3 is 14.2 Å². The Morgan fingerprint density at radius 1 is 0.667 bits per heavy atom. The SMILES string of the molecule is C[C@@H]1Oc2cc(B3OC(C)(C)C(C)(C)O3)ccc2-c2cc3cc(B4OC(C)(C)C(C)(C)O4)ccc3n21. The summed E-state index contributed by atoms with van der Waals surface area (Å²) in [7, 11) is -0.811. The van der Waals surface area contributed by atoms with Crippen molar-refractivity contribution in [1.29, 1.82) is 0 Å². The van der Waals surface area contributed by atoms with Gasteiger partial charge in [-0.3, -0.25) is 0 Å². The highest BCUT2D eigenvalue weighted by Gasteiger charge is 2.53. The van der Waals surface area contributed by atoms with Crippen LogP contribution in [0, 0.1) is 0 Å². The summed E-state index contributed by atoms with van der Waals surface area (Å²) < 4.78 is 33.8. The van der Waals surface area contributed by atoms with Crippen LogP contribution in [0.5, 0.6) is 5.75 Å². The number of nitrogens with zero attached hydrogens (tertiary/aromatic N) is 1. The molecular formula is C28H35B2NO5. The van der Waals surface area contributed by atoms with Crippen molar-refractivity contribution in [3.63, 3.8) is 0 Å². The third-order valence-electron chi connectivity index (χ3n) is 8.86. The number of benzene rings is 2. The lowest BCUT2D eigenvalue weighted by atomic mass is 9.78. The van der Waals surface area contributed by atoms with Crippen LogP contribution in [0.2, 0.25) is 0 Å². The average molecular weight is 487 g/mol. The molecule has 0 bridgehead atoms. The van der Waals surface area contributed by atoms with Crippen LogP contribution in [0.15, 0.2) is 42.5 Å². The fourth-order valence-electron chi connectivity index (χ4n) is 5.19.